The molecule has 0 radical (unpaired) electrons. The predicted molar refractivity (Wildman–Crippen MR) is 53.9 cm³/mol. The molecule has 0 nitrogen and oxygen atoms in total. The molecule has 48 valence electrons. The van der Waals surface area contributed by atoms with Crippen molar-refractivity contribution in [1.82, 2.24) is 0 Å². The maximum Gasteiger partial charge on any atom is 0.0516 e. The molecule has 0 saturated heterocycles. The maximum atomic E-state index is 2.30. The number of hydrogen-bond acceptors (Lipinski definition) is 0. The van der Waals surface area contributed by atoms with Crippen molar-refractivity contribution < 1.29 is 17.1 Å². The standard InChI is InChI=1S/2C2H5.CH2I2.Zn/c2*1-2;2-1-3;/h2*1H2,2H3;1H2;. The van der Waals surface area contributed by atoms with Crippen LogP contribution in [0.15, 0.2) is 0 Å². The minimum absolute atomic E-state index is 0.0972. The Morgan fingerprint density at radius 1 is 1.12 bits per heavy atom. The van der Waals surface area contributed by atoms with Gasteiger partial charge in [0.25, 0.3) is 0 Å². The largest absolute Gasteiger partial charge is 0.0748 e. The molecule has 0 N–H and O–H groups in total. The number of hydrogen-bond donors (Lipinski definition) is 0. The Kier molecular flexibility index (Phi) is 25.5. The van der Waals surface area contributed by atoms with Crippen molar-refractivity contribution in [1.29, 1.82) is 0 Å². The summed E-state index contributed by atoms with van der Waals surface area (Å²) in [6.45, 7) is 4.59. The second-order valence-corrected chi connectivity index (χ2v) is 11.6. The van der Waals surface area contributed by atoms with Gasteiger partial charge in [0, 0.05) is 0 Å². The summed E-state index contributed by atoms with van der Waals surface area (Å²) in [5.74, 6) is 0. The van der Waals surface area contributed by atoms with E-state index in [-0.39, 0.29) is 17.1 Å². The number of halogens is 2. The molecule has 0 aliphatic carbocycles. The molecule has 3 heteroatoms. The second kappa shape index (κ2) is 16.0. The van der Waals surface area contributed by atoms with E-state index < -0.39 is 0 Å². The van der Waals surface area contributed by atoms with Crippen LogP contribution in [0.3, 0.4) is 0 Å². The van der Waals surface area contributed by atoms with Crippen LogP contribution < -0.4 is 0 Å². The second-order valence-electron chi connectivity index (χ2n) is 1.45. The van der Waals surface area contributed by atoms with Gasteiger partial charge >= 0.3 is 41.0 Å². The van der Waals surface area contributed by atoms with Crippen molar-refractivity contribution in [2.75, 3.05) is 2.43 Å². The number of alkyl halides is 2. The Bertz CT molecular complexity index is 24.4. The molecule has 0 atom stereocenters. The van der Waals surface area contributed by atoms with E-state index >= 15 is 0 Å². The van der Waals surface area contributed by atoms with Gasteiger partial charge in [-0.05, 0) is 0 Å². The summed E-state index contributed by atoms with van der Waals surface area (Å²) >= 11 is 4.65. The molecule has 0 spiro atoms. The first-order valence-corrected chi connectivity index (χ1v) is 10.2. The molecule has 0 aromatic heterocycles. The van der Waals surface area contributed by atoms with Crippen molar-refractivity contribution in [2.24, 2.45) is 0 Å². The summed E-state index contributed by atoms with van der Waals surface area (Å²) in [6, 6.07) is 0. The van der Waals surface area contributed by atoms with E-state index in [0.29, 0.717) is 0 Å². The van der Waals surface area contributed by atoms with Crippen LogP contribution in [-0.4, -0.2) is 2.43 Å². The van der Waals surface area contributed by atoms with Gasteiger partial charge in [-0.3, -0.25) is 0 Å². The molecular formula is C5H12I2Zn. The molecule has 0 aromatic rings. The molecule has 0 aromatic carbocycles. The summed E-state index contributed by atoms with van der Waals surface area (Å²) in [5, 5.41) is 3.06. The quantitative estimate of drug-likeness (QED) is 0.382. The normalized spacial score (nSPS) is 6.50. The summed E-state index contributed by atoms with van der Waals surface area (Å²) in [6.07, 6.45) is 0. The first kappa shape index (κ1) is 12.7. The average Bonchev–Trinajstić information content (AvgIpc) is 1.71. The Morgan fingerprint density at radius 2 is 1.38 bits per heavy atom. The molecular weight excluding hydrogens is 379 g/mol. The third-order valence-corrected chi connectivity index (χ3v) is 3.67. The summed E-state index contributed by atoms with van der Waals surface area (Å²) in [5.41, 5.74) is 0. The van der Waals surface area contributed by atoms with Crippen LogP contribution >= 0.6 is 45.2 Å². The Hall–Kier alpha value is 2.08. The van der Waals surface area contributed by atoms with Crippen molar-refractivity contribution in [3.8, 4) is 0 Å². The molecule has 0 rings (SSSR count). The topological polar surface area (TPSA) is 0 Å². The third-order valence-electron chi connectivity index (χ3n) is 0.707. The Balaban J connectivity index is 0. The van der Waals surface area contributed by atoms with Gasteiger partial charge in [-0.15, -0.1) is 0 Å². The molecule has 0 aliphatic rings. The third kappa shape index (κ3) is 24.3. The SMILES string of the molecule is C[CH2][Zn][CH2]C.ICI. The van der Waals surface area contributed by atoms with Crippen LogP contribution in [0.5, 0.6) is 0 Å². The zero-order valence-electron chi connectivity index (χ0n) is 5.58. The van der Waals surface area contributed by atoms with Gasteiger partial charge in [0.05, 0.1) is 2.43 Å². The number of rotatable bonds is 2. The van der Waals surface area contributed by atoms with Gasteiger partial charge in [0.15, 0.2) is 0 Å². The molecule has 8 heavy (non-hydrogen) atoms. The molecule has 0 aliphatic heterocycles. The van der Waals surface area contributed by atoms with Crippen LogP contribution in [0.1, 0.15) is 13.8 Å². The van der Waals surface area contributed by atoms with Gasteiger partial charge in [-0.2, -0.15) is 0 Å². The fourth-order valence-corrected chi connectivity index (χ4v) is 1.84. The van der Waals surface area contributed by atoms with Crippen molar-refractivity contribution in [3.05, 3.63) is 0 Å². The molecule has 0 unspecified atom stereocenters. The fourth-order valence-electron chi connectivity index (χ4n) is 0.354. The average molecular weight is 391 g/mol. The molecule has 0 heterocycles. The molecule has 0 amide bonds. The van der Waals surface area contributed by atoms with Crippen molar-refractivity contribution in [3.63, 3.8) is 0 Å². The van der Waals surface area contributed by atoms with Gasteiger partial charge in [0.2, 0.25) is 0 Å². The van der Waals surface area contributed by atoms with Gasteiger partial charge < -0.3 is 0 Å². The van der Waals surface area contributed by atoms with E-state index in [9.17, 15) is 0 Å². The van der Waals surface area contributed by atoms with E-state index in [1.807, 2.05) is 0 Å². The zero-order chi connectivity index (χ0) is 6.83. The van der Waals surface area contributed by atoms with Crippen LogP contribution in [0.2, 0.25) is 10.0 Å². The summed E-state index contributed by atoms with van der Waals surface area (Å²) in [7, 11) is 0. The molecule has 0 saturated carbocycles. The van der Waals surface area contributed by atoms with Crippen LogP contribution in [0.25, 0.3) is 0 Å². The first-order valence-electron chi connectivity index (χ1n) is 2.95. The van der Waals surface area contributed by atoms with E-state index in [1.54, 1.807) is 0 Å². The van der Waals surface area contributed by atoms with Gasteiger partial charge in [-0.1, -0.05) is 45.2 Å². The maximum absolute atomic E-state index is 2.30. The van der Waals surface area contributed by atoms with E-state index in [2.05, 4.69) is 59.0 Å². The molecule has 0 bridgehead atoms. The Labute approximate surface area is 87.4 Å². The van der Waals surface area contributed by atoms with Crippen LogP contribution in [0.4, 0.5) is 0 Å². The van der Waals surface area contributed by atoms with Gasteiger partial charge in [-0.25, -0.2) is 0 Å². The minimum atomic E-state index is 0.0972. The summed E-state index contributed by atoms with van der Waals surface area (Å²) in [4.78, 5) is 0. The predicted octanol–water partition coefficient (Wildman–Crippen LogP) is 3.76. The fraction of sp³-hybridized carbons (Fsp3) is 1.00. The van der Waals surface area contributed by atoms with Crippen LogP contribution in [0, 0.1) is 0 Å². The monoisotopic (exact) mass is 390 g/mol. The van der Waals surface area contributed by atoms with Gasteiger partial charge in [0.1, 0.15) is 0 Å². The Morgan fingerprint density at radius 3 is 1.38 bits per heavy atom. The van der Waals surface area contributed by atoms with E-state index in [4.69, 9.17) is 0 Å². The van der Waals surface area contributed by atoms with Crippen molar-refractivity contribution in [2.45, 2.75) is 23.9 Å². The summed E-state index contributed by atoms with van der Waals surface area (Å²) < 4.78 is 1.19. The van der Waals surface area contributed by atoms with E-state index in [1.165, 1.54) is 12.5 Å². The van der Waals surface area contributed by atoms with Crippen LogP contribution in [-0.2, 0) is 17.1 Å². The smallest absolute Gasteiger partial charge is 0.0516 e. The first-order chi connectivity index (χ1) is 3.83. The molecule has 0 fully saturated rings. The minimum Gasteiger partial charge on any atom is -0.0748 e. The van der Waals surface area contributed by atoms with E-state index in [0.717, 1.165) is 0 Å². The zero-order valence-corrected chi connectivity index (χ0v) is 12.9. The van der Waals surface area contributed by atoms with Crippen molar-refractivity contribution >= 4 is 45.2 Å².